The van der Waals surface area contributed by atoms with Crippen molar-refractivity contribution in [3.63, 3.8) is 0 Å². The monoisotopic (exact) mass is 325 g/mol. The predicted octanol–water partition coefficient (Wildman–Crippen LogP) is 2.11. The van der Waals surface area contributed by atoms with Crippen LogP contribution in [0.1, 0.15) is 52.4 Å². The Kier molecular flexibility index (Phi) is 3.62. The Morgan fingerprint density at radius 1 is 1.33 bits per heavy atom. The van der Waals surface area contributed by atoms with Gasteiger partial charge in [0.15, 0.2) is 0 Å². The summed E-state index contributed by atoms with van der Waals surface area (Å²) < 4.78 is 1.83. The molecule has 3 heterocycles. The van der Waals surface area contributed by atoms with Gasteiger partial charge in [-0.05, 0) is 45.1 Å². The summed E-state index contributed by atoms with van der Waals surface area (Å²) in [6.45, 7) is 8.23. The number of likely N-dealkylation sites (tertiary alicyclic amines) is 1. The minimum absolute atomic E-state index is 0.105. The fourth-order valence-electron chi connectivity index (χ4n) is 4.07. The zero-order valence-corrected chi connectivity index (χ0v) is 14.5. The van der Waals surface area contributed by atoms with E-state index in [1.54, 1.807) is 0 Å². The molecule has 0 unspecified atom stereocenters. The molecule has 2 atom stereocenters. The molecule has 6 heteroatoms. The normalized spacial score (nSPS) is 22.4. The molecule has 1 amide bonds. The summed E-state index contributed by atoms with van der Waals surface area (Å²) in [5.41, 5.74) is 3.96. The van der Waals surface area contributed by atoms with Gasteiger partial charge < -0.3 is 4.90 Å². The van der Waals surface area contributed by atoms with E-state index in [4.69, 9.17) is 4.98 Å². The lowest BCUT2D eigenvalue weighted by Crippen LogP contribution is -2.29. The molecule has 0 saturated carbocycles. The SMILES string of the molecule is CCn1cc(C(=O)N2C[C@H]3CCc4cnc(C)nc4[C@H]3C2)c(C)n1. The Morgan fingerprint density at radius 3 is 2.92 bits per heavy atom. The highest BCUT2D eigenvalue weighted by atomic mass is 16.2. The summed E-state index contributed by atoms with van der Waals surface area (Å²) in [6.07, 6.45) is 5.97. The number of hydrogen-bond donors (Lipinski definition) is 0. The molecule has 1 saturated heterocycles. The lowest BCUT2D eigenvalue weighted by Gasteiger charge is -2.25. The lowest BCUT2D eigenvalue weighted by molar-refractivity contribution is 0.0785. The van der Waals surface area contributed by atoms with E-state index in [2.05, 4.69) is 10.1 Å². The molecule has 2 aliphatic rings. The van der Waals surface area contributed by atoms with Gasteiger partial charge in [-0.2, -0.15) is 5.10 Å². The summed E-state index contributed by atoms with van der Waals surface area (Å²) in [5, 5.41) is 4.41. The summed E-state index contributed by atoms with van der Waals surface area (Å²) in [4.78, 5) is 24.0. The Hall–Kier alpha value is -2.24. The quantitative estimate of drug-likeness (QED) is 0.848. The molecule has 2 aromatic heterocycles. The van der Waals surface area contributed by atoms with E-state index in [1.807, 2.05) is 42.7 Å². The van der Waals surface area contributed by atoms with Gasteiger partial charge in [0.05, 0.1) is 17.0 Å². The molecule has 0 aromatic carbocycles. The van der Waals surface area contributed by atoms with Crippen molar-refractivity contribution in [1.29, 1.82) is 0 Å². The van der Waals surface area contributed by atoms with Gasteiger partial charge in [-0.15, -0.1) is 0 Å². The van der Waals surface area contributed by atoms with Crippen LogP contribution < -0.4 is 0 Å². The van der Waals surface area contributed by atoms with Crippen LogP contribution in [0.2, 0.25) is 0 Å². The van der Waals surface area contributed by atoms with Gasteiger partial charge in [-0.3, -0.25) is 9.48 Å². The fourth-order valence-corrected chi connectivity index (χ4v) is 4.07. The highest BCUT2D eigenvalue weighted by molar-refractivity contribution is 5.95. The minimum Gasteiger partial charge on any atom is -0.338 e. The molecule has 126 valence electrons. The number of amides is 1. The second kappa shape index (κ2) is 5.69. The molecule has 1 aliphatic carbocycles. The van der Waals surface area contributed by atoms with Crippen LogP contribution in [0.4, 0.5) is 0 Å². The van der Waals surface area contributed by atoms with E-state index < -0.39 is 0 Å². The topological polar surface area (TPSA) is 63.9 Å². The molecule has 1 fully saturated rings. The first-order valence-corrected chi connectivity index (χ1v) is 8.72. The third-order valence-electron chi connectivity index (χ3n) is 5.38. The summed E-state index contributed by atoms with van der Waals surface area (Å²) in [6, 6.07) is 0. The van der Waals surface area contributed by atoms with Crippen molar-refractivity contribution in [2.45, 2.75) is 46.1 Å². The number of aryl methyl sites for hydroxylation is 4. The molecule has 0 spiro atoms. The maximum atomic E-state index is 13.0. The molecule has 4 rings (SSSR count). The van der Waals surface area contributed by atoms with Gasteiger partial charge in [0.2, 0.25) is 0 Å². The van der Waals surface area contributed by atoms with Gasteiger partial charge in [-0.25, -0.2) is 9.97 Å². The van der Waals surface area contributed by atoms with Crippen LogP contribution in [0.15, 0.2) is 12.4 Å². The maximum Gasteiger partial charge on any atom is 0.257 e. The number of nitrogens with zero attached hydrogens (tertiary/aromatic N) is 5. The zero-order valence-electron chi connectivity index (χ0n) is 14.5. The Morgan fingerprint density at radius 2 is 2.17 bits per heavy atom. The molecule has 0 N–H and O–H groups in total. The second-order valence-corrected chi connectivity index (χ2v) is 6.93. The van der Waals surface area contributed by atoms with Gasteiger partial charge in [0.1, 0.15) is 5.82 Å². The molecule has 24 heavy (non-hydrogen) atoms. The zero-order chi connectivity index (χ0) is 16.8. The van der Waals surface area contributed by atoms with Crippen LogP contribution in [0, 0.1) is 19.8 Å². The summed E-state index contributed by atoms with van der Waals surface area (Å²) in [5.74, 6) is 1.78. The standard InChI is InChI=1S/C18H23N5O/c1-4-23-10-15(11(2)21-23)18(24)22-8-14-6-5-13-7-19-12(3)20-17(13)16(14)9-22/h7,10,14,16H,4-6,8-9H2,1-3H3/t14-,16+/m1/s1. The molecule has 0 bridgehead atoms. The first-order valence-electron chi connectivity index (χ1n) is 8.72. The van der Waals surface area contributed by atoms with Crippen LogP contribution in [0.3, 0.4) is 0 Å². The highest BCUT2D eigenvalue weighted by Crippen LogP contribution is 2.40. The van der Waals surface area contributed by atoms with Gasteiger partial charge in [-0.1, -0.05) is 0 Å². The smallest absolute Gasteiger partial charge is 0.257 e. The molecule has 0 radical (unpaired) electrons. The Bertz CT molecular complexity index is 797. The van der Waals surface area contributed by atoms with E-state index in [0.29, 0.717) is 11.8 Å². The van der Waals surface area contributed by atoms with Crippen molar-refractivity contribution >= 4 is 5.91 Å². The van der Waals surface area contributed by atoms with E-state index in [1.165, 1.54) is 5.56 Å². The molecule has 6 nitrogen and oxygen atoms in total. The molecular formula is C18H23N5O. The maximum absolute atomic E-state index is 13.0. The number of carbonyl (C=O) groups is 1. The molecule has 2 aromatic rings. The Labute approximate surface area is 141 Å². The third-order valence-corrected chi connectivity index (χ3v) is 5.38. The van der Waals surface area contributed by atoms with Crippen molar-refractivity contribution in [2.24, 2.45) is 5.92 Å². The van der Waals surface area contributed by atoms with Crippen LogP contribution >= 0.6 is 0 Å². The van der Waals surface area contributed by atoms with Crippen LogP contribution in [-0.4, -0.2) is 43.6 Å². The molecule has 1 aliphatic heterocycles. The number of carbonyl (C=O) groups excluding carboxylic acids is 1. The minimum atomic E-state index is 0.105. The lowest BCUT2D eigenvalue weighted by atomic mass is 9.80. The predicted molar refractivity (Wildman–Crippen MR) is 89.9 cm³/mol. The number of hydrogen-bond acceptors (Lipinski definition) is 4. The van der Waals surface area contributed by atoms with Crippen molar-refractivity contribution in [1.82, 2.24) is 24.6 Å². The number of fused-ring (bicyclic) bond motifs is 3. The number of rotatable bonds is 2. The van der Waals surface area contributed by atoms with Crippen LogP contribution in [-0.2, 0) is 13.0 Å². The van der Waals surface area contributed by atoms with Crippen LogP contribution in [0.5, 0.6) is 0 Å². The highest BCUT2D eigenvalue weighted by Gasteiger charge is 2.41. The van der Waals surface area contributed by atoms with Gasteiger partial charge in [0.25, 0.3) is 5.91 Å². The Balaban J connectivity index is 1.60. The summed E-state index contributed by atoms with van der Waals surface area (Å²) in [7, 11) is 0. The number of aromatic nitrogens is 4. The first-order chi connectivity index (χ1) is 11.6. The van der Waals surface area contributed by atoms with E-state index in [0.717, 1.165) is 55.3 Å². The van der Waals surface area contributed by atoms with Crippen molar-refractivity contribution in [3.8, 4) is 0 Å². The molecular weight excluding hydrogens is 302 g/mol. The van der Waals surface area contributed by atoms with Crippen molar-refractivity contribution in [2.75, 3.05) is 13.1 Å². The van der Waals surface area contributed by atoms with E-state index in [-0.39, 0.29) is 5.91 Å². The van der Waals surface area contributed by atoms with E-state index in [9.17, 15) is 4.79 Å². The first kappa shape index (κ1) is 15.3. The third kappa shape index (κ3) is 2.41. The van der Waals surface area contributed by atoms with Crippen LogP contribution in [0.25, 0.3) is 0 Å². The van der Waals surface area contributed by atoms with Gasteiger partial charge in [0, 0.05) is 37.9 Å². The van der Waals surface area contributed by atoms with E-state index >= 15 is 0 Å². The largest absolute Gasteiger partial charge is 0.338 e. The average molecular weight is 325 g/mol. The summed E-state index contributed by atoms with van der Waals surface area (Å²) >= 11 is 0. The average Bonchev–Trinajstić information content (AvgIpc) is 3.17. The van der Waals surface area contributed by atoms with Gasteiger partial charge >= 0.3 is 0 Å². The van der Waals surface area contributed by atoms with Crippen molar-refractivity contribution in [3.05, 3.63) is 40.7 Å². The van der Waals surface area contributed by atoms with Crippen molar-refractivity contribution < 1.29 is 4.79 Å². The fraction of sp³-hybridized carbons (Fsp3) is 0.556. The second-order valence-electron chi connectivity index (χ2n) is 6.93.